The molecule has 4 aliphatic rings. The maximum Gasteiger partial charge on any atom is 0.406 e. The Morgan fingerprint density at radius 2 is 1.18 bits per heavy atom. The number of nitrogens with one attached hydrogen (secondary N) is 4. The van der Waals surface area contributed by atoms with E-state index in [1.165, 1.54) is 15.4 Å². The van der Waals surface area contributed by atoms with Gasteiger partial charge in [0.1, 0.15) is 25.2 Å². The molecular formula is C58H71F6N14O6+. The zero-order valence-corrected chi connectivity index (χ0v) is 46.8. The van der Waals surface area contributed by atoms with Crippen LogP contribution in [0.25, 0.3) is 21.8 Å². The van der Waals surface area contributed by atoms with E-state index in [1.54, 1.807) is 47.3 Å². The molecule has 2 fully saturated rings. The summed E-state index contributed by atoms with van der Waals surface area (Å²) in [7, 11) is 2.08. The number of piperidine rings is 2. The molecule has 4 aliphatic heterocycles. The highest BCUT2D eigenvalue weighted by Gasteiger charge is 2.36. The lowest BCUT2D eigenvalue weighted by Gasteiger charge is -2.38. The van der Waals surface area contributed by atoms with Crippen molar-refractivity contribution in [3.8, 4) is 23.7 Å². The Labute approximate surface area is 482 Å². The maximum absolute atomic E-state index is 14.2. The molecule has 450 valence electrons. The minimum Gasteiger partial charge on any atom is -0.382 e. The summed E-state index contributed by atoms with van der Waals surface area (Å²) in [5, 5.41) is 18.2. The van der Waals surface area contributed by atoms with Crippen LogP contribution in [0.2, 0.25) is 0 Å². The smallest absolute Gasteiger partial charge is 0.382 e. The van der Waals surface area contributed by atoms with E-state index in [9.17, 15) is 35.9 Å². The quantitative estimate of drug-likeness (QED) is 0.0772. The van der Waals surface area contributed by atoms with Gasteiger partial charge in [0.05, 0.1) is 81.7 Å². The molecule has 8 N–H and O–H groups in total. The molecule has 4 atom stereocenters. The van der Waals surface area contributed by atoms with E-state index in [2.05, 4.69) is 66.9 Å². The van der Waals surface area contributed by atoms with Crippen LogP contribution in [0, 0.1) is 35.5 Å². The molecule has 0 aliphatic carbocycles. The number of hydrogen-bond acceptors (Lipinski definition) is 13. The molecule has 2 saturated heterocycles. The van der Waals surface area contributed by atoms with Crippen molar-refractivity contribution >= 4 is 56.6 Å². The highest BCUT2D eigenvalue weighted by Crippen LogP contribution is 2.35. The Hall–Kier alpha value is -7.46. The normalized spacial score (nSPS) is 21.9. The first-order valence-corrected chi connectivity index (χ1v) is 28.3. The van der Waals surface area contributed by atoms with E-state index in [4.69, 9.17) is 30.4 Å². The van der Waals surface area contributed by atoms with E-state index in [0.717, 1.165) is 36.2 Å². The highest BCUT2D eigenvalue weighted by molar-refractivity contribution is 5.99. The van der Waals surface area contributed by atoms with Crippen molar-refractivity contribution in [1.82, 2.24) is 44.0 Å². The van der Waals surface area contributed by atoms with Crippen LogP contribution in [0.3, 0.4) is 0 Å². The summed E-state index contributed by atoms with van der Waals surface area (Å²) >= 11 is 0. The first kappa shape index (κ1) is 59.7. The lowest BCUT2D eigenvalue weighted by atomic mass is 9.89. The fraction of sp³-hybridized carbons (Fsp3) is 0.517. The van der Waals surface area contributed by atoms with Crippen molar-refractivity contribution in [2.45, 2.75) is 83.0 Å². The number of benzene rings is 2. The minimum atomic E-state index is -4.56. The molecule has 84 heavy (non-hydrogen) atoms. The van der Waals surface area contributed by atoms with Gasteiger partial charge in [0, 0.05) is 73.3 Å². The maximum atomic E-state index is 14.2. The molecule has 8 heterocycles. The van der Waals surface area contributed by atoms with Crippen LogP contribution >= 0.6 is 0 Å². The van der Waals surface area contributed by atoms with E-state index < -0.39 is 37.3 Å². The Balaban J connectivity index is 0.893. The lowest BCUT2D eigenvalue weighted by Crippen LogP contribution is -2.55. The number of likely N-dealkylation sites (tertiary alicyclic amines) is 2. The molecule has 0 unspecified atom stereocenters. The third-order valence-electron chi connectivity index (χ3n) is 15.8. The average Bonchev–Trinajstić information content (AvgIpc) is 2.74. The summed E-state index contributed by atoms with van der Waals surface area (Å²) in [6, 6.07) is 13.6. The largest absolute Gasteiger partial charge is 0.406 e. The molecule has 0 spiro atoms. The summed E-state index contributed by atoms with van der Waals surface area (Å²) in [5.41, 5.74) is 15.5. The fourth-order valence-electron chi connectivity index (χ4n) is 11.7. The van der Waals surface area contributed by atoms with Gasteiger partial charge in [-0.3, -0.25) is 14.3 Å². The van der Waals surface area contributed by atoms with Gasteiger partial charge in [-0.2, -0.15) is 31.4 Å². The van der Waals surface area contributed by atoms with Crippen molar-refractivity contribution in [2.75, 3.05) is 121 Å². The second-order valence-corrected chi connectivity index (χ2v) is 21.7. The van der Waals surface area contributed by atoms with Gasteiger partial charge < -0.3 is 65.7 Å². The van der Waals surface area contributed by atoms with Crippen LogP contribution in [0.5, 0.6) is 0 Å². The number of nitrogens with zero attached hydrogens (tertiary/aromatic N) is 8. The number of carbonyl (C=O) groups excluding carboxylic acids is 2. The van der Waals surface area contributed by atoms with Crippen molar-refractivity contribution in [3.05, 3.63) is 83.4 Å². The molecule has 0 radical (unpaired) electrons. The highest BCUT2D eigenvalue weighted by atomic mass is 19.4. The predicted octanol–water partition coefficient (Wildman–Crippen LogP) is 5.10. The Kier molecular flexibility index (Phi) is 18.9. The molecule has 10 rings (SSSR count). The van der Waals surface area contributed by atoms with Gasteiger partial charge in [-0.1, -0.05) is 28.7 Å². The number of nitrogens with two attached hydrogens (primary N) is 2. The van der Waals surface area contributed by atoms with Gasteiger partial charge in [-0.25, -0.2) is 4.90 Å². The third-order valence-corrected chi connectivity index (χ3v) is 15.8. The Morgan fingerprint density at radius 3 is 1.75 bits per heavy atom. The lowest BCUT2D eigenvalue weighted by molar-refractivity contribution is -0.790. The van der Waals surface area contributed by atoms with Crippen LogP contribution < -0.4 is 37.4 Å². The topological polar surface area (TPSA) is 214 Å². The Bertz CT molecular complexity index is 3420. The fourth-order valence-corrected chi connectivity index (χ4v) is 11.7. The molecule has 20 nitrogen and oxygen atoms in total. The molecule has 0 saturated carbocycles. The second kappa shape index (κ2) is 26.6. The van der Waals surface area contributed by atoms with Crippen LogP contribution in [-0.4, -0.2) is 169 Å². The van der Waals surface area contributed by atoms with Crippen molar-refractivity contribution < 1.29 is 59.6 Å². The first-order chi connectivity index (χ1) is 40.4. The molecule has 8 bridgehead atoms. The number of anilines is 4. The summed E-state index contributed by atoms with van der Waals surface area (Å²) in [6.45, 7) is 3.42. The number of fused-ring (bicyclic) bond motifs is 8. The molecule has 6 aromatic rings. The SMILES string of the molecule is CN1CC[C@@H]2Nc3cccc4c3cc(n4CC(F)(F)F)C#CCNC(=O)c3c[n+](CN4CC[C@@H]5Nc6cccc7c6cc(n7CC(F)(F)F)C#CCNC(=O)c6cn(nc6N)CCOCCOCC[C@H]5C4)n(c3N)CCOCCOCC[C@H]2C1. The van der Waals surface area contributed by atoms with E-state index >= 15 is 0 Å². The van der Waals surface area contributed by atoms with Gasteiger partial charge in [-0.05, 0) is 99.4 Å². The van der Waals surface area contributed by atoms with Gasteiger partial charge in [0.25, 0.3) is 11.8 Å². The van der Waals surface area contributed by atoms with Gasteiger partial charge in [0.15, 0.2) is 17.2 Å². The Morgan fingerprint density at radius 1 is 0.655 bits per heavy atom. The molecule has 2 aromatic carbocycles. The van der Waals surface area contributed by atoms with Crippen LogP contribution in [-0.2, 0) is 51.8 Å². The predicted molar refractivity (Wildman–Crippen MR) is 303 cm³/mol. The van der Waals surface area contributed by atoms with Gasteiger partial charge in [0.2, 0.25) is 12.9 Å². The number of ether oxygens (including phenoxy) is 4. The van der Waals surface area contributed by atoms with Gasteiger partial charge in [-0.15, -0.1) is 4.68 Å². The summed E-state index contributed by atoms with van der Waals surface area (Å²) < 4.78 is 117. The number of carbonyl (C=O) groups is 2. The van der Waals surface area contributed by atoms with E-state index in [0.29, 0.717) is 106 Å². The number of alkyl halides is 6. The minimum absolute atomic E-state index is 0.00697. The summed E-state index contributed by atoms with van der Waals surface area (Å²) in [6.07, 6.45) is -3.13. The molecule has 26 heteroatoms. The zero-order chi connectivity index (χ0) is 59.0. The number of amides is 2. The average molecular weight is 1170 g/mol. The number of nitrogen functional groups attached to an aromatic ring is 2. The number of halogens is 6. The standard InChI is InChI=1S/C58H70F6N14O6/c1-72-18-12-47-39(32-72)14-22-81-27-29-84-25-21-78-54(66)46(56(80)68-17-5-7-42-30-43-49(69-47)8-2-10-51(43)77(42)37-58(62,63)64)35-75(78)38-73-19-13-48-40(33-73)15-23-82-26-28-83-24-20-74-34-45(53(65)71-74)55(79)67-16-4-6-41-31-44-50(70-48)9-3-11-52(44)76(41)36-57(59,60)61/h2-3,8-11,30-31,34-35,39-40,47-48,66,69-70H,12-29,32-33,36-38H2,1H3,(H4,65,67,68,71,79,80)/p+1/t39-,40-,47-,48-/m0/s1. The number of aromatic nitrogens is 6. The van der Waals surface area contributed by atoms with Crippen molar-refractivity contribution in [1.29, 1.82) is 0 Å². The molecule has 2 amide bonds. The molecule has 4 aromatic heterocycles. The summed E-state index contributed by atoms with van der Waals surface area (Å²) in [4.78, 5) is 31.6. The van der Waals surface area contributed by atoms with Crippen molar-refractivity contribution in [2.24, 2.45) is 11.8 Å². The van der Waals surface area contributed by atoms with Gasteiger partial charge >= 0.3 is 12.4 Å². The second-order valence-electron chi connectivity index (χ2n) is 21.7. The first-order valence-electron chi connectivity index (χ1n) is 28.3. The number of hydrogen-bond donors (Lipinski definition) is 6. The summed E-state index contributed by atoms with van der Waals surface area (Å²) in [5.74, 6) is 10.7. The van der Waals surface area contributed by atoms with Crippen molar-refractivity contribution in [3.63, 3.8) is 0 Å². The van der Waals surface area contributed by atoms with Crippen LogP contribution in [0.1, 0.15) is 57.8 Å². The van der Waals surface area contributed by atoms with Crippen LogP contribution in [0.15, 0.2) is 60.9 Å². The van der Waals surface area contributed by atoms with E-state index in [-0.39, 0.29) is 90.9 Å². The monoisotopic (exact) mass is 1170 g/mol. The number of rotatable bonds is 4. The third kappa shape index (κ3) is 14.9. The van der Waals surface area contributed by atoms with E-state index in [1.807, 2.05) is 16.8 Å². The zero-order valence-electron chi connectivity index (χ0n) is 46.8. The van der Waals surface area contributed by atoms with Crippen LogP contribution in [0.4, 0.5) is 49.4 Å². The molecular weight excluding hydrogens is 1100 g/mol.